The van der Waals surface area contributed by atoms with Crippen molar-refractivity contribution in [3.8, 4) is 0 Å². The van der Waals surface area contributed by atoms with Gasteiger partial charge >= 0.3 is 0 Å². The molecule has 2 aromatic carbocycles. The van der Waals surface area contributed by atoms with Crippen molar-refractivity contribution in [2.75, 3.05) is 0 Å². The molecule has 136 valence electrons. The minimum atomic E-state index is -2.02. The van der Waals surface area contributed by atoms with Crippen molar-refractivity contribution < 1.29 is 19.2 Å². The molecule has 0 saturated carbocycles. The standard InChI is InChI=1S/C20H13Br2NO4/c21-15-13(16(24)11-7-3-1-4-8-11)19(27)20(22,23)14(18(15)26)17(25)12-9-5-2-6-10-12/h1-10,14H,23H2. The lowest BCUT2D eigenvalue weighted by atomic mass is 9.77. The van der Waals surface area contributed by atoms with Crippen LogP contribution < -0.4 is 5.73 Å². The molecule has 3 rings (SSSR count). The van der Waals surface area contributed by atoms with Gasteiger partial charge in [-0.3, -0.25) is 19.2 Å². The average molecular weight is 491 g/mol. The van der Waals surface area contributed by atoms with Gasteiger partial charge in [-0.1, -0.05) is 76.6 Å². The fraction of sp³-hybridized carbons (Fsp3) is 0.100. The van der Waals surface area contributed by atoms with Gasteiger partial charge in [0.2, 0.25) is 0 Å². The topological polar surface area (TPSA) is 94.3 Å². The summed E-state index contributed by atoms with van der Waals surface area (Å²) in [6.45, 7) is 0. The molecule has 0 aromatic heterocycles. The molecule has 1 aliphatic carbocycles. The van der Waals surface area contributed by atoms with Crippen LogP contribution in [0, 0.1) is 5.92 Å². The van der Waals surface area contributed by atoms with Crippen molar-refractivity contribution in [1.82, 2.24) is 0 Å². The molecule has 2 N–H and O–H groups in total. The molecular formula is C20H13Br2NO4. The van der Waals surface area contributed by atoms with E-state index in [2.05, 4.69) is 31.9 Å². The Hall–Kier alpha value is -2.22. The number of carbonyl (C=O) groups is 4. The minimum Gasteiger partial charge on any atom is -0.309 e. The molecule has 2 aromatic rings. The van der Waals surface area contributed by atoms with Crippen LogP contribution in [0.1, 0.15) is 20.7 Å². The third kappa shape index (κ3) is 3.38. The number of allylic oxidation sites excluding steroid dienone is 1. The number of nitrogens with two attached hydrogens (primary N) is 1. The number of hydrogen-bond acceptors (Lipinski definition) is 5. The van der Waals surface area contributed by atoms with Crippen molar-refractivity contribution in [3.63, 3.8) is 0 Å². The van der Waals surface area contributed by atoms with Crippen LogP contribution in [-0.2, 0) is 9.59 Å². The van der Waals surface area contributed by atoms with E-state index in [1.54, 1.807) is 36.4 Å². The first kappa shape index (κ1) is 19.5. The highest BCUT2D eigenvalue weighted by molar-refractivity contribution is 9.12. The highest BCUT2D eigenvalue weighted by atomic mass is 79.9. The van der Waals surface area contributed by atoms with Crippen molar-refractivity contribution in [1.29, 1.82) is 0 Å². The molecule has 0 spiro atoms. The largest absolute Gasteiger partial charge is 0.309 e. The second kappa shape index (κ2) is 7.42. The van der Waals surface area contributed by atoms with Gasteiger partial charge in [0, 0.05) is 11.1 Å². The summed E-state index contributed by atoms with van der Waals surface area (Å²) in [4.78, 5) is 51.5. The van der Waals surface area contributed by atoms with E-state index in [0.29, 0.717) is 0 Å². The summed E-state index contributed by atoms with van der Waals surface area (Å²) >= 11 is 6.10. The quantitative estimate of drug-likeness (QED) is 0.233. The van der Waals surface area contributed by atoms with Crippen LogP contribution in [0.3, 0.4) is 0 Å². The van der Waals surface area contributed by atoms with Gasteiger partial charge in [-0.15, -0.1) is 0 Å². The molecule has 1 aliphatic rings. The maximum atomic E-state index is 13.0. The Morgan fingerprint density at radius 1 is 0.889 bits per heavy atom. The number of carbonyl (C=O) groups excluding carboxylic acids is 4. The van der Waals surface area contributed by atoms with E-state index in [-0.39, 0.29) is 21.2 Å². The van der Waals surface area contributed by atoms with Crippen molar-refractivity contribution >= 4 is 55.0 Å². The zero-order chi connectivity index (χ0) is 19.8. The van der Waals surface area contributed by atoms with Gasteiger partial charge in [0.05, 0.1) is 10.1 Å². The van der Waals surface area contributed by atoms with E-state index in [0.717, 1.165) is 0 Å². The molecule has 7 heteroatoms. The highest BCUT2D eigenvalue weighted by Crippen LogP contribution is 2.40. The van der Waals surface area contributed by atoms with Crippen molar-refractivity contribution in [2.24, 2.45) is 11.7 Å². The number of hydrogen-bond donors (Lipinski definition) is 1. The second-order valence-electron chi connectivity index (χ2n) is 6.01. The molecule has 0 amide bonds. The Bertz CT molecular complexity index is 982. The van der Waals surface area contributed by atoms with Crippen molar-refractivity contribution in [2.45, 2.75) is 4.45 Å². The lowest BCUT2D eigenvalue weighted by molar-refractivity contribution is -0.126. The molecular weight excluding hydrogens is 478 g/mol. The summed E-state index contributed by atoms with van der Waals surface area (Å²) in [6, 6.07) is 16.1. The molecule has 0 radical (unpaired) electrons. The Kier molecular flexibility index (Phi) is 5.37. The monoisotopic (exact) mass is 489 g/mol. The smallest absolute Gasteiger partial charge is 0.199 e. The molecule has 0 heterocycles. The Morgan fingerprint density at radius 3 is 1.89 bits per heavy atom. The zero-order valence-corrected chi connectivity index (χ0v) is 17.0. The lowest BCUT2D eigenvalue weighted by Crippen LogP contribution is -2.58. The summed E-state index contributed by atoms with van der Waals surface area (Å²) in [6.07, 6.45) is 0. The maximum Gasteiger partial charge on any atom is 0.199 e. The minimum absolute atomic E-state index is 0.238. The number of alkyl halides is 1. The average Bonchev–Trinajstić information content (AvgIpc) is 2.68. The van der Waals surface area contributed by atoms with Crippen LogP contribution in [-0.4, -0.2) is 27.6 Å². The predicted molar refractivity (Wildman–Crippen MR) is 107 cm³/mol. The van der Waals surface area contributed by atoms with Crippen LogP contribution in [0.2, 0.25) is 0 Å². The van der Waals surface area contributed by atoms with E-state index in [4.69, 9.17) is 5.73 Å². The van der Waals surface area contributed by atoms with Crippen LogP contribution >= 0.6 is 31.9 Å². The van der Waals surface area contributed by atoms with Gasteiger partial charge in [0.1, 0.15) is 5.92 Å². The maximum absolute atomic E-state index is 13.0. The number of halogens is 2. The fourth-order valence-electron chi connectivity index (χ4n) is 2.88. The number of rotatable bonds is 4. The van der Waals surface area contributed by atoms with Crippen LogP contribution in [0.15, 0.2) is 70.7 Å². The van der Waals surface area contributed by atoms with Crippen LogP contribution in [0.5, 0.6) is 0 Å². The van der Waals surface area contributed by atoms with Gasteiger partial charge in [-0.05, 0) is 15.9 Å². The Balaban J connectivity index is 2.09. The van der Waals surface area contributed by atoms with Gasteiger partial charge < -0.3 is 5.73 Å². The lowest BCUT2D eigenvalue weighted by Gasteiger charge is -2.33. The van der Waals surface area contributed by atoms with Gasteiger partial charge in [0.25, 0.3) is 0 Å². The highest BCUT2D eigenvalue weighted by Gasteiger charge is 2.55. The molecule has 2 unspecified atom stereocenters. The first-order chi connectivity index (χ1) is 12.8. The second-order valence-corrected chi connectivity index (χ2v) is 8.11. The number of ketones is 4. The molecule has 27 heavy (non-hydrogen) atoms. The SMILES string of the molecule is NC1(Br)C(=O)C(C(=O)c2ccccc2)=C(Br)C(=O)C1C(=O)c1ccccc1. The third-order valence-electron chi connectivity index (χ3n) is 4.28. The summed E-state index contributed by atoms with van der Waals surface area (Å²) in [5.41, 5.74) is 6.19. The van der Waals surface area contributed by atoms with E-state index in [1.165, 1.54) is 24.3 Å². The van der Waals surface area contributed by atoms with Crippen molar-refractivity contribution in [3.05, 3.63) is 81.8 Å². The molecule has 2 atom stereocenters. The van der Waals surface area contributed by atoms with E-state index in [9.17, 15) is 19.2 Å². The Morgan fingerprint density at radius 2 is 1.37 bits per heavy atom. The molecule has 0 saturated heterocycles. The normalized spacial score (nSPS) is 22.7. The zero-order valence-electron chi connectivity index (χ0n) is 13.8. The summed E-state index contributed by atoms with van der Waals surface area (Å²) in [5, 5.41) is 0. The van der Waals surface area contributed by atoms with E-state index >= 15 is 0 Å². The third-order valence-corrected chi connectivity index (χ3v) is 5.88. The molecule has 0 aliphatic heterocycles. The number of Topliss-reactive ketones (excluding diaryl/α,β-unsaturated/α-hetero) is 4. The summed E-state index contributed by atoms with van der Waals surface area (Å²) in [7, 11) is 0. The first-order valence-electron chi connectivity index (χ1n) is 7.92. The molecule has 0 bridgehead atoms. The van der Waals surface area contributed by atoms with E-state index < -0.39 is 33.5 Å². The number of benzene rings is 2. The Labute approximate surface area is 171 Å². The van der Waals surface area contributed by atoms with Gasteiger partial charge in [-0.25, -0.2) is 0 Å². The van der Waals surface area contributed by atoms with Gasteiger partial charge in [0.15, 0.2) is 27.6 Å². The summed E-state index contributed by atoms with van der Waals surface area (Å²) < 4.78 is -2.26. The first-order valence-corrected chi connectivity index (χ1v) is 9.51. The van der Waals surface area contributed by atoms with Crippen LogP contribution in [0.4, 0.5) is 0 Å². The fourth-order valence-corrected chi connectivity index (χ4v) is 4.08. The van der Waals surface area contributed by atoms with Crippen LogP contribution in [0.25, 0.3) is 0 Å². The van der Waals surface area contributed by atoms with E-state index in [1.807, 2.05) is 0 Å². The summed E-state index contributed by atoms with van der Waals surface area (Å²) in [5.74, 6) is -4.27. The predicted octanol–water partition coefficient (Wildman–Crippen LogP) is 3.22. The van der Waals surface area contributed by atoms with Gasteiger partial charge in [-0.2, -0.15) is 0 Å². The molecule has 0 fully saturated rings. The molecule has 5 nitrogen and oxygen atoms in total.